The van der Waals surface area contributed by atoms with Gasteiger partial charge in [0.2, 0.25) is 0 Å². The van der Waals surface area contributed by atoms with Crippen molar-refractivity contribution in [3.63, 3.8) is 0 Å². The molecule has 33 heavy (non-hydrogen) atoms. The van der Waals surface area contributed by atoms with E-state index in [1.54, 1.807) is 49.5 Å². The van der Waals surface area contributed by atoms with Crippen molar-refractivity contribution in [3.05, 3.63) is 82.7 Å². The molecule has 2 aromatic carbocycles. The van der Waals surface area contributed by atoms with Crippen LogP contribution in [-0.2, 0) is 4.74 Å². The molecule has 0 saturated heterocycles. The summed E-state index contributed by atoms with van der Waals surface area (Å²) >= 11 is 0. The summed E-state index contributed by atoms with van der Waals surface area (Å²) in [6.07, 6.45) is 2.54. The molecule has 7 nitrogen and oxygen atoms in total. The van der Waals surface area contributed by atoms with E-state index in [0.717, 1.165) is 34.8 Å². The summed E-state index contributed by atoms with van der Waals surface area (Å²) in [5.41, 5.74) is 7.18. The van der Waals surface area contributed by atoms with Crippen LogP contribution in [0.1, 0.15) is 57.9 Å². The van der Waals surface area contributed by atoms with Crippen LogP contribution in [0.3, 0.4) is 0 Å². The summed E-state index contributed by atoms with van der Waals surface area (Å²) in [6.45, 7) is 8.72. The average molecular weight is 448 g/mol. The molecule has 0 spiro atoms. The third-order valence-corrected chi connectivity index (χ3v) is 5.04. The maximum atomic E-state index is 12.4. The lowest BCUT2D eigenvalue weighted by Crippen LogP contribution is -2.17. The van der Waals surface area contributed by atoms with E-state index < -0.39 is 0 Å². The molecule has 0 radical (unpaired) electrons. The van der Waals surface area contributed by atoms with Gasteiger partial charge in [0, 0.05) is 28.2 Å². The van der Waals surface area contributed by atoms with Crippen LogP contribution < -0.4 is 10.2 Å². The quantitative estimate of drug-likeness (QED) is 0.290. The highest BCUT2D eigenvalue weighted by Crippen LogP contribution is 2.21. The lowest BCUT2D eigenvalue weighted by atomic mass is 10.2. The first kappa shape index (κ1) is 23.8. The largest absolute Gasteiger partial charge is 0.494 e. The summed E-state index contributed by atoms with van der Waals surface area (Å²) in [5.74, 6) is 0.0804. The van der Waals surface area contributed by atoms with E-state index in [1.807, 2.05) is 43.5 Å². The number of hydrazone groups is 1. The van der Waals surface area contributed by atoms with Gasteiger partial charge in [-0.15, -0.1) is 0 Å². The summed E-state index contributed by atoms with van der Waals surface area (Å²) in [5, 5.41) is 4.13. The second-order valence-corrected chi connectivity index (χ2v) is 7.50. The van der Waals surface area contributed by atoms with E-state index in [-0.39, 0.29) is 11.9 Å². The van der Waals surface area contributed by atoms with Crippen LogP contribution in [-0.4, -0.2) is 35.9 Å². The topological polar surface area (TPSA) is 81.9 Å². The minimum absolute atomic E-state index is 0.302. The summed E-state index contributed by atoms with van der Waals surface area (Å²) in [4.78, 5) is 24.5. The van der Waals surface area contributed by atoms with Gasteiger partial charge < -0.3 is 14.0 Å². The maximum Gasteiger partial charge on any atom is 0.338 e. The van der Waals surface area contributed by atoms with Crippen molar-refractivity contribution in [3.8, 4) is 11.4 Å². The first-order valence-electron chi connectivity index (χ1n) is 11.0. The lowest BCUT2D eigenvalue weighted by Gasteiger charge is -2.11. The predicted octanol–water partition coefficient (Wildman–Crippen LogP) is 4.82. The van der Waals surface area contributed by atoms with Gasteiger partial charge in [-0.2, -0.15) is 5.10 Å². The number of aryl methyl sites for hydroxylation is 1. The molecule has 0 aliphatic rings. The summed E-state index contributed by atoms with van der Waals surface area (Å²) < 4.78 is 12.7. The number of esters is 1. The Kier molecular flexibility index (Phi) is 8.02. The van der Waals surface area contributed by atoms with Crippen molar-refractivity contribution >= 4 is 18.1 Å². The molecule has 1 amide bonds. The molecular weight excluding hydrogens is 418 g/mol. The van der Waals surface area contributed by atoms with Gasteiger partial charge in [-0.3, -0.25) is 4.79 Å². The van der Waals surface area contributed by atoms with Crippen LogP contribution in [0.5, 0.6) is 5.75 Å². The third-order valence-electron chi connectivity index (χ3n) is 5.04. The summed E-state index contributed by atoms with van der Waals surface area (Å²) in [6, 6.07) is 16.2. The number of nitrogens with one attached hydrogen (secondary N) is 1. The molecule has 0 fully saturated rings. The van der Waals surface area contributed by atoms with Gasteiger partial charge >= 0.3 is 5.97 Å². The number of amides is 1. The average Bonchev–Trinajstić information content (AvgIpc) is 3.11. The Bertz CT molecular complexity index is 1150. The Hall–Kier alpha value is -3.87. The van der Waals surface area contributed by atoms with Gasteiger partial charge in [-0.25, -0.2) is 10.2 Å². The Morgan fingerprint density at radius 2 is 1.79 bits per heavy atom. The second-order valence-electron chi connectivity index (χ2n) is 7.50. The molecule has 1 heterocycles. The van der Waals surface area contributed by atoms with Crippen molar-refractivity contribution in [2.24, 2.45) is 5.10 Å². The molecule has 172 valence electrons. The number of hydrogen-bond acceptors (Lipinski definition) is 5. The van der Waals surface area contributed by atoms with Crippen LogP contribution >= 0.6 is 0 Å². The minimum atomic E-state index is -0.351. The number of carbonyl (C=O) groups is 2. The van der Waals surface area contributed by atoms with Crippen molar-refractivity contribution < 1.29 is 19.1 Å². The zero-order valence-electron chi connectivity index (χ0n) is 19.4. The zero-order chi connectivity index (χ0) is 23.8. The van der Waals surface area contributed by atoms with Gasteiger partial charge in [0.1, 0.15) is 5.75 Å². The molecule has 0 aliphatic carbocycles. The molecule has 3 aromatic rings. The predicted molar refractivity (Wildman–Crippen MR) is 128 cm³/mol. The number of carbonyl (C=O) groups excluding carboxylic acids is 2. The lowest BCUT2D eigenvalue weighted by molar-refractivity contribution is 0.0526. The first-order valence-corrected chi connectivity index (χ1v) is 11.0. The van der Waals surface area contributed by atoms with Crippen LogP contribution in [0, 0.1) is 13.8 Å². The molecule has 7 heteroatoms. The number of rotatable bonds is 9. The standard InChI is InChI=1S/C26H29N3O4/c1-5-14-33-24-12-10-20(11-13-24)25(30)28-27-17-22-15-18(3)29(19(22)4)23-9-7-8-21(16-23)26(31)32-6-2/h7-13,15-17H,5-6,14H2,1-4H3,(H,28,30)/b27-17+. The molecule has 0 bridgehead atoms. The third kappa shape index (κ3) is 5.88. The fourth-order valence-electron chi connectivity index (χ4n) is 3.45. The maximum absolute atomic E-state index is 12.4. The van der Waals surface area contributed by atoms with E-state index in [4.69, 9.17) is 9.47 Å². The van der Waals surface area contributed by atoms with Gasteiger partial charge in [-0.1, -0.05) is 13.0 Å². The van der Waals surface area contributed by atoms with Gasteiger partial charge in [-0.05, 0) is 75.7 Å². The number of ether oxygens (including phenoxy) is 2. The molecule has 0 saturated carbocycles. The van der Waals surface area contributed by atoms with Gasteiger partial charge in [0.25, 0.3) is 5.91 Å². The fraction of sp³-hybridized carbons (Fsp3) is 0.269. The van der Waals surface area contributed by atoms with E-state index in [0.29, 0.717) is 24.3 Å². The molecule has 1 N–H and O–H groups in total. The molecular formula is C26H29N3O4. The molecule has 0 atom stereocenters. The van der Waals surface area contributed by atoms with Crippen molar-refractivity contribution in [1.82, 2.24) is 9.99 Å². The van der Waals surface area contributed by atoms with Crippen LogP contribution in [0.25, 0.3) is 5.69 Å². The summed E-state index contributed by atoms with van der Waals surface area (Å²) in [7, 11) is 0. The Labute approximate surface area is 194 Å². The van der Waals surface area contributed by atoms with Gasteiger partial charge in [0.15, 0.2) is 0 Å². The van der Waals surface area contributed by atoms with Crippen LogP contribution in [0.4, 0.5) is 0 Å². The highest BCUT2D eigenvalue weighted by Gasteiger charge is 2.13. The molecule has 0 aliphatic heterocycles. The number of nitrogens with zero attached hydrogens (tertiary/aromatic N) is 2. The van der Waals surface area contributed by atoms with E-state index in [2.05, 4.69) is 10.5 Å². The second kappa shape index (κ2) is 11.1. The Morgan fingerprint density at radius 1 is 1.03 bits per heavy atom. The smallest absolute Gasteiger partial charge is 0.338 e. The normalized spacial score (nSPS) is 10.9. The monoisotopic (exact) mass is 447 g/mol. The van der Waals surface area contributed by atoms with Crippen LogP contribution in [0.2, 0.25) is 0 Å². The van der Waals surface area contributed by atoms with Crippen molar-refractivity contribution in [2.75, 3.05) is 13.2 Å². The molecule has 1 aromatic heterocycles. The van der Waals surface area contributed by atoms with E-state index in [1.165, 1.54) is 0 Å². The highest BCUT2D eigenvalue weighted by molar-refractivity contribution is 5.95. The minimum Gasteiger partial charge on any atom is -0.494 e. The number of benzene rings is 2. The van der Waals surface area contributed by atoms with E-state index >= 15 is 0 Å². The number of aromatic nitrogens is 1. The van der Waals surface area contributed by atoms with Crippen molar-refractivity contribution in [1.29, 1.82) is 0 Å². The van der Waals surface area contributed by atoms with Gasteiger partial charge in [0.05, 0.1) is 25.0 Å². The molecule has 3 rings (SSSR count). The Morgan fingerprint density at radius 3 is 2.48 bits per heavy atom. The van der Waals surface area contributed by atoms with Crippen molar-refractivity contribution in [2.45, 2.75) is 34.1 Å². The van der Waals surface area contributed by atoms with Crippen LogP contribution in [0.15, 0.2) is 59.7 Å². The SMILES string of the molecule is CCCOc1ccc(C(=O)N/N=C/c2cc(C)n(-c3cccc(C(=O)OCC)c3)c2C)cc1. The Balaban J connectivity index is 1.72. The first-order chi connectivity index (χ1) is 15.9. The highest BCUT2D eigenvalue weighted by atomic mass is 16.5. The van der Waals surface area contributed by atoms with E-state index in [9.17, 15) is 9.59 Å². The fourth-order valence-corrected chi connectivity index (χ4v) is 3.45. The molecule has 0 unspecified atom stereocenters. The number of hydrogen-bond donors (Lipinski definition) is 1. The zero-order valence-corrected chi connectivity index (χ0v) is 19.4.